The fourth-order valence-corrected chi connectivity index (χ4v) is 3.25. The summed E-state index contributed by atoms with van der Waals surface area (Å²) in [5.41, 5.74) is 1.35. The Hall–Kier alpha value is -0.620. The zero-order valence-corrected chi connectivity index (χ0v) is 13.1. The van der Waals surface area contributed by atoms with Crippen LogP contribution in [-0.2, 0) is 13.1 Å². The van der Waals surface area contributed by atoms with Crippen LogP contribution in [0.25, 0.3) is 0 Å². The van der Waals surface area contributed by atoms with Crippen molar-refractivity contribution in [2.75, 3.05) is 39.3 Å². The second-order valence-corrected chi connectivity index (χ2v) is 5.60. The highest BCUT2D eigenvalue weighted by Crippen LogP contribution is 2.13. The van der Waals surface area contributed by atoms with Gasteiger partial charge >= 0.3 is 0 Å². The number of rotatable bonds is 4. The average Bonchev–Trinajstić information content (AvgIpc) is 3.10. The van der Waals surface area contributed by atoms with Gasteiger partial charge in [-0.3, -0.25) is 14.5 Å². The Bertz CT molecular complexity index is 394. The molecule has 1 aromatic rings. The third-order valence-corrected chi connectivity index (χ3v) is 4.45. The number of nitrogens with zero attached hydrogens (tertiary/aromatic N) is 4. The third-order valence-electron chi connectivity index (χ3n) is 4.45. The van der Waals surface area contributed by atoms with Crippen molar-refractivity contribution in [2.24, 2.45) is 0 Å². The van der Waals surface area contributed by atoms with Gasteiger partial charge in [-0.1, -0.05) is 0 Å². The van der Waals surface area contributed by atoms with Crippen molar-refractivity contribution in [3.63, 3.8) is 0 Å². The summed E-state index contributed by atoms with van der Waals surface area (Å²) < 4.78 is 2.10. The highest BCUT2D eigenvalue weighted by molar-refractivity contribution is 5.85. The van der Waals surface area contributed by atoms with E-state index in [0.717, 1.165) is 19.1 Å². The van der Waals surface area contributed by atoms with Gasteiger partial charge < -0.3 is 5.32 Å². The lowest BCUT2D eigenvalue weighted by Crippen LogP contribution is -2.50. The molecular weight excluding hydrogens is 274 g/mol. The smallest absolute Gasteiger partial charge is 0.0524 e. The number of aryl methyl sites for hydroxylation is 1. The van der Waals surface area contributed by atoms with E-state index in [0.29, 0.717) is 0 Å². The van der Waals surface area contributed by atoms with Crippen LogP contribution in [0.4, 0.5) is 0 Å². The highest BCUT2D eigenvalue weighted by atomic mass is 35.5. The van der Waals surface area contributed by atoms with Crippen LogP contribution in [0.15, 0.2) is 12.3 Å². The van der Waals surface area contributed by atoms with E-state index in [-0.39, 0.29) is 12.4 Å². The summed E-state index contributed by atoms with van der Waals surface area (Å²) in [6.07, 6.45) is 3.24. The molecule has 2 fully saturated rings. The summed E-state index contributed by atoms with van der Waals surface area (Å²) in [6, 6.07) is 2.93. The first-order valence-corrected chi connectivity index (χ1v) is 7.54. The molecule has 0 amide bonds. The lowest BCUT2D eigenvalue weighted by atomic mass is 10.2. The summed E-state index contributed by atoms with van der Waals surface area (Å²) >= 11 is 0. The molecule has 0 aliphatic carbocycles. The Balaban J connectivity index is 0.00000147. The molecular formula is C14H26ClN5. The number of hydrogen-bond donors (Lipinski definition) is 1. The molecule has 0 saturated carbocycles. The molecule has 2 aliphatic heterocycles. The van der Waals surface area contributed by atoms with Gasteiger partial charge in [0.1, 0.15) is 0 Å². The molecule has 114 valence electrons. The van der Waals surface area contributed by atoms with Crippen molar-refractivity contribution in [2.45, 2.75) is 32.5 Å². The topological polar surface area (TPSA) is 36.3 Å². The summed E-state index contributed by atoms with van der Waals surface area (Å²) in [7, 11) is 0. The second-order valence-electron chi connectivity index (χ2n) is 5.60. The van der Waals surface area contributed by atoms with Gasteiger partial charge in [0, 0.05) is 58.1 Å². The molecule has 0 bridgehead atoms. The van der Waals surface area contributed by atoms with Crippen LogP contribution in [0.2, 0.25) is 0 Å². The quantitative estimate of drug-likeness (QED) is 0.892. The van der Waals surface area contributed by atoms with Crippen LogP contribution in [0, 0.1) is 0 Å². The van der Waals surface area contributed by atoms with Gasteiger partial charge in [-0.15, -0.1) is 12.4 Å². The van der Waals surface area contributed by atoms with E-state index < -0.39 is 0 Å². The van der Waals surface area contributed by atoms with Crippen LogP contribution in [-0.4, -0.2) is 64.9 Å². The van der Waals surface area contributed by atoms with Gasteiger partial charge in [-0.2, -0.15) is 5.10 Å². The van der Waals surface area contributed by atoms with E-state index in [4.69, 9.17) is 0 Å². The van der Waals surface area contributed by atoms with Gasteiger partial charge in [0.2, 0.25) is 0 Å². The Kier molecular flexibility index (Phi) is 5.84. The van der Waals surface area contributed by atoms with Crippen LogP contribution in [0.3, 0.4) is 0 Å². The fourth-order valence-electron chi connectivity index (χ4n) is 3.25. The van der Waals surface area contributed by atoms with Gasteiger partial charge in [0.05, 0.1) is 5.69 Å². The van der Waals surface area contributed by atoms with E-state index in [1.54, 1.807) is 0 Å². The standard InChI is InChI=1S/C14H25N5.ClH/c1-2-19-14(4-6-16-19)12-17-7-9-18(10-8-17)13-3-5-15-11-13;/h4,6,13,15H,2-3,5,7-12H2,1H3;1H. The number of aromatic nitrogens is 2. The van der Waals surface area contributed by atoms with E-state index in [2.05, 4.69) is 37.9 Å². The second kappa shape index (κ2) is 7.41. The zero-order valence-electron chi connectivity index (χ0n) is 12.3. The SMILES string of the molecule is CCn1nccc1CN1CCN(C2CCNC2)CC1.Cl. The molecule has 5 nitrogen and oxygen atoms in total. The largest absolute Gasteiger partial charge is 0.315 e. The summed E-state index contributed by atoms with van der Waals surface area (Å²) in [4.78, 5) is 5.22. The van der Waals surface area contributed by atoms with Crippen molar-refractivity contribution in [1.29, 1.82) is 0 Å². The first kappa shape index (κ1) is 15.8. The Labute approximate surface area is 127 Å². The molecule has 3 heterocycles. The van der Waals surface area contributed by atoms with E-state index in [1.807, 2.05) is 6.20 Å². The number of nitrogens with one attached hydrogen (secondary N) is 1. The van der Waals surface area contributed by atoms with Crippen molar-refractivity contribution >= 4 is 12.4 Å². The molecule has 6 heteroatoms. The van der Waals surface area contributed by atoms with Crippen molar-refractivity contribution < 1.29 is 0 Å². The molecule has 1 aromatic heterocycles. The number of hydrogen-bond acceptors (Lipinski definition) is 4. The van der Waals surface area contributed by atoms with Gasteiger partial charge in [0.15, 0.2) is 0 Å². The highest BCUT2D eigenvalue weighted by Gasteiger charge is 2.26. The molecule has 1 atom stereocenters. The molecule has 1 N–H and O–H groups in total. The zero-order chi connectivity index (χ0) is 13.1. The Morgan fingerprint density at radius 2 is 2.10 bits per heavy atom. The summed E-state index contributed by atoms with van der Waals surface area (Å²) in [5.74, 6) is 0. The predicted molar refractivity (Wildman–Crippen MR) is 83.3 cm³/mol. The Morgan fingerprint density at radius 3 is 2.75 bits per heavy atom. The lowest BCUT2D eigenvalue weighted by Gasteiger charge is -2.37. The molecule has 0 spiro atoms. The normalized spacial score (nSPS) is 24.8. The maximum Gasteiger partial charge on any atom is 0.0524 e. The van der Waals surface area contributed by atoms with Crippen molar-refractivity contribution in [3.05, 3.63) is 18.0 Å². The van der Waals surface area contributed by atoms with E-state index >= 15 is 0 Å². The average molecular weight is 300 g/mol. The molecule has 3 rings (SSSR count). The summed E-state index contributed by atoms with van der Waals surface area (Å²) in [5, 5.41) is 7.81. The maximum absolute atomic E-state index is 4.35. The molecule has 2 aliphatic rings. The monoisotopic (exact) mass is 299 g/mol. The minimum absolute atomic E-state index is 0. The van der Waals surface area contributed by atoms with Crippen LogP contribution >= 0.6 is 12.4 Å². The van der Waals surface area contributed by atoms with Crippen molar-refractivity contribution in [3.8, 4) is 0 Å². The lowest BCUT2D eigenvalue weighted by molar-refractivity contribution is 0.0964. The minimum atomic E-state index is 0. The maximum atomic E-state index is 4.35. The van der Waals surface area contributed by atoms with Gasteiger partial charge in [0.25, 0.3) is 0 Å². The molecule has 20 heavy (non-hydrogen) atoms. The van der Waals surface area contributed by atoms with Gasteiger partial charge in [-0.05, 0) is 26.0 Å². The van der Waals surface area contributed by atoms with Crippen LogP contribution < -0.4 is 5.32 Å². The summed E-state index contributed by atoms with van der Waals surface area (Å²) in [6.45, 7) is 11.3. The third kappa shape index (κ3) is 3.52. The van der Waals surface area contributed by atoms with Crippen molar-refractivity contribution in [1.82, 2.24) is 24.9 Å². The number of halogens is 1. The fraction of sp³-hybridized carbons (Fsp3) is 0.786. The first-order valence-electron chi connectivity index (χ1n) is 7.54. The van der Waals surface area contributed by atoms with E-state index in [1.165, 1.54) is 51.4 Å². The first-order chi connectivity index (χ1) is 9.36. The number of piperazine rings is 1. The molecule has 2 saturated heterocycles. The van der Waals surface area contributed by atoms with Crippen LogP contribution in [0.1, 0.15) is 19.0 Å². The molecule has 0 radical (unpaired) electrons. The van der Waals surface area contributed by atoms with Gasteiger partial charge in [-0.25, -0.2) is 0 Å². The van der Waals surface area contributed by atoms with E-state index in [9.17, 15) is 0 Å². The molecule has 1 unspecified atom stereocenters. The van der Waals surface area contributed by atoms with Crippen LogP contribution in [0.5, 0.6) is 0 Å². The minimum Gasteiger partial charge on any atom is -0.315 e. The predicted octanol–water partition coefficient (Wildman–Crippen LogP) is 0.804. The Morgan fingerprint density at radius 1 is 1.30 bits per heavy atom. The molecule has 0 aromatic carbocycles.